The number of hydrogen-bond donors (Lipinski definition) is 0. The number of halogens is 1. The molecule has 0 N–H and O–H groups in total. The van der Waals surface area contributed by atoms with Gasteiger partial charge in [-0.15, -0.1) is 0 Å². The maximum Gasteiger partial charge on any atom is 0.327 e. The van der Waals surface area contributed by atoms with Gasteiger partial charge >= 0.3 is 5.97 Å². The summed E-state index contributed by atoms with van der Waals surface area (Å²) < 4.78 is 6.49. The van der Waals surface area contributed by atoms with E-state index >= 15 is 0 Å². The van der Waals surface area contributed by atoms with E-state index in [-0.39, 0.29) is 30.4 Å². The number of fused-ring (bicyclic) bond motifs is 1. The van der Waals surface area contributed by atoms with Crippen molar-refractivity contribution in [3.63, 3.8) is 0 Å². The maximum absolute atomic E-state index is 12.8. The minimum atomic E-state index is -0.622. The molecule has 0 aliphatic carbocycles. The number of aromatic nitrogens is 2. The van der Waals surface area contributed by atoms with Crippen molar-refractivity contribution in [2.24, 2.45) is 0 Å². The Hall–Kier alpha value is -3.23. The lowest BCUT2D eigenvalue weighted by atomic mass is 10.0. The molecule has 9 heteroatoms. The van der Waals surface area contributed by atoms with E-state index in [4.69, 9.17) is 16.3 Å². The average Bonchev–Trinajstić information content (AvgIpc) is 2.85. The standard InChI is InChI=1S/C24H25ClN4O4/c1-33-24(32)22(17-6-2-4-8-19(17)25)28-14-12-27(13-15-28)21(30)10-11-29-16-26-20-9-5-3-7-18(20)23(29)31/h2-9,16,22H,10-15H2,1H3. The number of carbonyl (C=O) groups is 2. The molecule has 0 spiro atoms. The van der Waals surface area contributed by atoms with Crippen LogP contribution < -0.4 is 5.56 Å². The van der Waals surface area contributed by atoms with Crippen molar-refractivity contribution in [1.82, 2.24) is 19.4 Å². The Morgan fingerprint density at radius 3 is 2.48 bits per heavy atom. The van der Waals surface area contributed by atoms with Crippen molar-refractivity contribution in [3.8, 4) is 0 Å². The summed E-state index contributed by atoms with van der Waals surface area (Å²) in [5.74, 6) is -0.423. The van der Waals surface area contributed by atoms with Gasteiger partial charge in [0.1, 0.15) is 6.04 Å². The number of hydrogen-bond acceptors (Lipinski definition) is 6. The van der Waals surface area contributed by atoms with E-state index < -0.39 is 6.04 Å². The van der Waals surface area contributed by atoms with Gasteiger partial charge in [0, 0.05) is 44.2 Å². The smallest absolute Gasteiger partial charge is 0.327 e. The summed E-state index contributed by atoms with van der Waals surface area (Å²) in [4.78, 5) is 46.0. The van der Waals surface area contributed by atoms with E-state index in [0.717, 1.165) is 0 Å². The van der Waals surface area contributed by atoms with Crippen molar-refractivity contribution < 1.29 is 14.3 Å². The van der Waals surface area contributed by atoms with E-state index in [0.29, 0.717) is 47.7 Å². The summed E-state index contributed by atoms with van der Waals surface area (Å²) in [5.41, 5.74) is 1.17. The first-order valence-corrected chi connectivity index (χ1v) is 11.2. The topological polar surface area (TPSA) is 84.7 Å². The summed E-state index contributed by atoms with van der Waals surface area (Å²) in [7, 11) is 1.36. The van der Waals surface area contributed by atoms with Crippen molar-refractivity contribution in [2.45, 2.75) is 19.0 Å². The maximum atomic E-state index is 12.8. The largest absolute Gasteiger partial charge is 0.468 e. The summed E-state index contributed by atoms with van der Waals surface area (Å²) in [6.45, 7) is 2.23. The number of nitrogens with zero attached hydrogens (tertiary/aromatic N) is 4. The molecule has 4 rings (SSSR count). The molecule has 1 atom stereocenters. The number of esters is 1. The number of piperazine rings is 1. The number of para-hydroxylation sites is 1. The van der Waals surface area contributed by atoms with Crippen LogP contribution in [0.5, 0.6) is 0 Å². The van der Waals surface area contributed by atoms with E-state index in [9.17, 15) is 14.4 Å². The van der Waals surface area contributed by atoms with E-state index in [2.05, 4.69) is 4.98 Å². The van der Waals surface area contributed by atoms with Crippen LogP contribution in [0.15, 0.2) is 59.7 Å². The highest BCUT2D eigenvalue weighted by molar-refractivity contribution is 6.31. The van der Waals surface area contributed by atoms with Gasteiger partial charge in [0.2, 0.25) is 5.91 Å². The third-order valence-electron chi connectivity index (χ3n) is 5.95. The molecule has 0 saturated carbocycles. The molecule has 1 saturated heterocycles. The number of benzene rings is 2. The Labute approximate surface area is 196 Å². The molecule has 0 bridgehead atoms. The lowest BCUT2D eigenvalue weighted by Crippen LogP contribution is -2.51. The average molecular weight is 469 g/mol. The molecular formula is C24H25ClN4O4. The molecule has 1 aliphatic rings. The van der Waals surface area contributed by atoms with Gasteiger partial charge in [-0.1, -0.05) is 41.9 Å². The number of rotatable bonds is 6. The van der Waals surface area contributed by atoms with Gasteiger partial charge in [-0.25, -0.2) is 9.78 Å². The summed E-state index contributed by atoms with van der Waals surface area (Å²) in [6, 6.07) is 13.7. The van der Waals surface area contributed by atoms with Gasteiger partial charge in [0.15, 0.2) is 0 Å². The van der Waals surface area contributed by atoms with Gasteiger partial charge in [-0.05, 0) is 23.8 Å². The quantitative estimate of drug-likeness (QED) is 0.517. The molecule has 2 aromatic carbocycles. The second-order valence-corrected chi connectivity index (χ2v) is 8.28. The number of methoxy groups -OCH3 is 1. The number of amides is 1. The fourth-order valence-corrected chi connectivity index (χ4v) is 4.39. The van der Waals surface area contributed by atoms with Gasteiger partial charge in [-0.2, -0.15) is 0 Å². The van der Waals surface area contributed by atoms with E-state index in [1.54, 1.807) is 29.2 Å². The Kier molecular flexibility index (Phi) is 7.05. The fraction of sp³-hybridized carbons (Fsp3) is 0.333. The second kappa shape index (κ2) is 10.1. The predicted octanol–water partition coefficient (Wildman–Crippen LogP) is 2.50. The highest BCUT2D eigenvalue weighted by Crippen LogP contribution is 2.29. The van der Waals surface area contributed by atoms with Crippen LogP contribution >= 0.6 is 11.6 Å². The van der Waals surface area contributed by atoms with Crippen molar-refractivity contribution in [2.75, 3.05) is 33.3 Å². The summed E-state index contributed by atoms with van der Waals surface area (Å²) in [6.07, 6.45) is 1.69. The zero-order valence-corrected chi connectivity index (χ0v) is 19.1. The zero-order chi connectivity index (χ0) is 23.4. The Balaban J connectivity index is 1.38. The number of ether oxygens (including phenoxy) is 1. The summed E-state index contributed by atoms with van der Waals surface area (Å²) >= 11 is 6.34. The van der Waals surface area contributed by atoms with Crippen LogP contribution in [-0.4, -0.2) is 64.5 Å². The number of carbonyl (C=O) groups excluding carboxylic acids is 2. The van der Waals surface area contributed by atoms with Crippen LogP contribution in [0.2, 0.25) is 5.02 Å². The molecule has 1 fully saturated rings. The molecule has 0 radical (unpaired) electrons. The third kappa shape index (κ3) is 4.91. The molecule has 8 nitrogen and oxygen atoms in total. The highest BCUT2D eigenvalue weighted by atomic mass is 35.5. The van der Waals surface area contributed by atoms with E-state index in [1.807, 2.05) is 29.2 Å². The second-order valence-electron chi connectivity index (χ2n) is 7.87. The first kappa shape index (κ1) is 22.9. The van der Waals surface area contributed by atoms with Crippen LogP contribution in [-0.2, 0) is 20.9 Å². The molecule has 172 valence electrons. The van der Waals surface area contributed by atoms with Gasteiger partial charge in [0.25, 0.3) is 5.56 Å². The molecule has 33 heavy (non-hydrogen) atoms. The minimum Gasteiger partial charge on any atom is -0.468 e. The molecule has 1 aromatic heterocycles. The molecule has 1 aliphatic heterocycles. The van der Waals surface area contributed by atoms with Gasteiger partial charge < -0.3 is 9.64 Å². The number of aryl methyl sites for hydroxylation is 1. The van der Waals surface area contributed by atoms with Gasteiger partial charge in [0.05, 0.1) is 24.3 Å². The van der Waals surface area contributed by atoms with E-state index in [1.165, 1.54) is 18.0 Å². The fourth-order valence-electron chi connectivity index (χ4n) is 4.15. The van der Waals surface area contributed by atoms with Crippen LogP contribution in [0.1, 0.15) is 18.0 Å². The SMILES string of the molecule is COC(=O)C(c1ccccc1Cl)N1CCN(C(=O)CCn2cnc3ccccc3c2=O)CC1. The van der Waals surface area contributed by atoms with Crippen LogP contribution in [0.25, 0.3) is 10.9 Å². The van der Waals surface area contributed by atoms with Crippen molar-refractivity contribution >= 4 is 34.4 Å². The third-order valence-corrected chi connectivity index (χ3v) is 6.30. The lowest BCUT2D eigenvalue weighted by molar-refractivity contribution is -0.148. The first-order chi connectivity index (χ1) is 16.0. The normalized spacial score (nSPS) is 15.4. The molecule has 1 amide bonds. The Morgan fingerprint density at radius 1 is 1.06 bits per heavy atom. The van der Waals surface area contributed by atoms with Crippen LogP contribution in [0, 0.1) is 0 Å². The Morgan fingerprint density at radius 2 is 1.76 bits per heavy atom. The highest BCUT2D eigenvalue weighted by Gasteiger charge is 2.33. The van der Waals surface area contributed by atoms with Gasteiger partial charge in [-0.3, -0.25) is 19.1 Å². The predicted molar refractivity (Wildman–Crippen MR) is 125 cm³/mol. The van der Waals surface area contributed by atoms with Crippen LogP contribution in [0.3, 0.4) is 0 Å². The van der Waals surface area contributed by atoms with Crippen LogP contribution in [0.4, 0.5) is 0 Å². The Bertz CT molecular complexity index is 1220. The molecule has 3 aromatic rings. The molecule has 2 heterocycles. The first-order valence-electron chi connectivity index (χ1n) is 10.8. The minimum absolute atomic E-state index is 0.0397. The lowest BCUT2D eigenvalue weighted by Gasteiger charge is -2.38. The summed E-state index contributed by atoms with van der Waals surface area (Å²) in [5, 5.41) is 1.04. The monoisotopic (exact) mass is 468 g/mol. The van der Waals surface area contributed by atoms with Crippen molar-refractivity contribution in [3.05, 3.63) is 75.8 Å². The zero-order valence-electron chi connectivity index (χ0n) is 18.3. The molecular weight excluding hydrogens is 444 g/mol. The molecule has 1 unspecified atom stereocenters. The van der Waals surface area contributed by atoms with Crippen molar-refractivity contribution in [1.29, 1.82) is 0 Å².